The Kier molecular flexibility index (Phi) is 5.70. The van der Waals surface area contributed by atoms with Crippen molar-refractivity contribution >= 4 is 51.9 Å². The van der Waals surface area contributed by atoms with Crippen molar-refractivity contribution in [2.24, 2.45) is 0 Å². The number of thiazole rings is 1. The first kappa shape index (κ1) is 19.3. The Labute approximate surface area is 178 Å². The van der Waals surface area contributed by atoms with E-state index >= 15 is 0 Å². The number of amides is 2. The lowest BCUT2D eigenvalue weighted by atomic mass is 10.1. The zero-order valence-corrected chi connectivity index (χ0v) is 17.1. The van der Waals surface area contributed by atoms with Gasteiger partial charge in [0, 0.05) is 11.4 Å². The van der Waals surface area contributed by atoms with Gasteiger partial charge >= 0.3 is 0 Å². The van der Waals surface area contributed by atoms with E-state index in [1.54, 1.807) is 41.8 Å². The van der Waals surface area contributed by atoms with Crippen LogP contribution in [0.3, 0.4) is 0 Å². The second-order valence-electron chi connectivity index (χ2n) is 5.92. The maximum Gasteiger partial charge on any atom is 0.271 e. The van der Waals surface area contributed by atoms with Gasteiger partial charge in [0.05, 0.1) is 15.4 Å². The molecule has 1 atom stereocenters. The van der Waals surface area contributed by atoms with Crippen molar-refractivity contribution in [3.8, 4) is 9.88 Å². The normalized spacial score (nSPS) is 11.8. The molecule has 0 aliphatic heterocycles. The third kappa shape index (κ3) is 4.53. The lowest BCUT2D eigenvalue weighted by molar-refractivity contribution is -0.118. The van der Waals surface area contributed by atoms with Gasteiger partial charge < -0.3 is 10.6 Å². The van der Waals surface area contributed by atoms with Crippen LogP contribution in [0, 0.1) is 0 Å². The number of halogens is 1. The van der Waals surface area contributed by atoms with Crippen molar-refractivity contribution in [1.29, 1.82) is 0 Å². The van der Waals surface area contributed by atoms with Crippen molar-refractivity contribution < 1.29 is 9.59 Å². The van der Waals surface area contributed by atoms with Crippen LogP contribution in [0.1, 0.15) is 22.1 Å². The minimum atomic E-state index is -0.895. The number of aromatic amines is 1. The number of hydrogen-bond donors (Lipinski definition) is 3. The minimum Gasteiger partial charge on any atom is -0.335 e. The van der Waals surface area contributed by atoms with Crippen LogP contribution in [-0.2, 0) is 4.79 Å². The molecular formula is C19H14ClN5O2S2. The zero-order chi connectivity index (χ0) is 20.2. The number of anilines is 1. The first-order valence-corrected chi connectivity index (χ1v) is 10.5. The molecular weight excluding hydrogens is 430 g/mol. The van der Waals surface area contributed by atoms with Crippen molar-refractivity contribution in [3.05, 3.63) is 75.7 Å². The Bertz CT molecular complexity index is 1120. The molecule has 146 valence electrons. The number of aromatic nitrogens is 3. The number of hydrogen-bond acceptors (Lipinski definition) is 6. The van der Waals surface area contributed by atoms with Gasteiger partial charge in [0.15, 0.2) is 0 Å². The quantitative estimate of drug-likeness (QED) is 0.412. The third-order valence-electron chi connectivity index (χ3n) is 3.95. The van der Waals surface area contributed by atoms with Gasteiger partial charge in [-0.25, -0.2) is 4.98 Å². The highest BCUT2D eigenvalue weighted by Crippen LogP contribution is 2.33. The lowest BCUT2D eigenvalue weighted by Crippen LogP contribution is -2.37. The topological polar surface area (TPSA) is 99.8 Å². The molecule has 1 unspecified atom stereocenters. The molecule has 0 aliphatic carbocycles. The lowest BCUT2D eigenvalue weighted by Gasteiger charge is -2.17. The summed E-state index contributed by atoms with van der Waals surface area (Å²) >= 11 is 8.71. The number of H-pyrrole nitrogens is 1. The minimum absolute atomic E-state index is 0.241. The average Bonchev–Trinajstić information content (AvgIpc) is 3.48. The van der Waals surface area contributed by atoms with Crippen LogP contribution in [0.5, 0.6) is 0 Å². The third-order valence-corrected chi connectivity index (χ3v) is 6.19. The molecule has 3 aromatic heterocycles. The summed E-state index contributed by atoms with van der Waals surface area (Å²) < 4.78 is 0.654. The molecule has 7 nitrogen and oxygen atoms in total. The summed E-state index contributed by atoms with van der Waals surface area (Å²) in [5.74, 6) is -0.395. The van der Waals surface area contributed by atoms with Crippen molar-refractivity contribution in [2.45, 2.75) is 6.04 Å². The molecule has 0 radical (unpaired) electrons. The van der Waals surface area contributed by atoms with Crippen molar-refractivity contribution in [2.75, 3.05) is 5.32 Å². The van der Waals surface area contributed by atoms with Gasteiger partial charge in [0.25, 0.3) is 11.8 Å². The predicted molar refractivity (Wildman–Crippen MR) is 114 cm³/mol. The van der Waals surface area contributed by atoms with Crippen LogP contribution in [0.25, 0.3) is 9.88 Å². The smallest absolute Gasteiger partial charge is 0.271 e. The molecule has 2 amide bonds. The monoisotopic (exact) mass is 443 g/mol. The summed E-state index contributed by atoms with van der Waals surface area (Å²) in [6.07, 6.45) is 1.53. The number of nitrogens with one attached hydrogen (secondary N) is 3. The second-order valence-corrected chi connectivity index (χ2v) is 8.49. The number of rotatable bonds is 6. The van der Waals surface area contributed by atoms with Gasteiger partial charge in [-0.1, -0.05) is 41.9 Å². The molecule has 1 aromatic carbocycles. The molecule has 3 heterocycles. The maximum absolute atomic E-state index is 12.8. The van der Waals surface area contributed by atoms with E-state index < -0.39 is 17.9 Å². The first-order chi connectivity index (χ1) is 14.1. The van der Waals surface area contributed by atoms with E-state index in [-0.39, 0.29) is 5.69 Å². The number of carbonyl (C=O) groups excluding carboxylic acids is 2. The number of thiophene rings is 1. The maximum atomic E-state index is 12.8. The summed E-state index contributed by atoms with van der Waals surface area (Å²) in [4.78, 5) is 30.9. The Balaban J connectivity index is 1.55. The average molecular weight is 444 g/mol. The Morgan fingerprint density at radius 3 is 2.62 bits per heavy atom. The van der Waals surface area contributed by atoms with Crippen LogP contribution in [0.15, 0.2) is 60.1 Å². The summed E-state index contributed by atoms with van der Waals surface area (Å²) in [5.41, 5.74) is 0.892. The highest BCUT2D eigenvalue weighted by Gasteiger charge is 2.25. The SMILES string of the molecule is O=C(NC(C(=O)Nc1ccn[nH]1)c1ccccc1)c1csc(-c2ccc(Cl)s2)n1. The van der Waals surface area contributed by atoms with Gasteiger partial charge in [0.1, 0.15) is 22.6 Å². The van der Waals surface area contributed by atoms with Crippen LogP contribution in [0.4, 0.5) is 5.82 Å². The molecule has 4 aromatic rings. The van der Waals surface area contributed by atoms with Crippen molar-refractivity contribution in [1.82, 2.24) is 20.5 Å². The largest absolute Gasteiger partial charge is 0.335 e. The van der Waals surface area contributed by atoms with E-state index in [1.165, 1.54) is 28.9 Å². The molecule has 0 fully saturated rings. The molecule has 4 rings (SSSR count). The first-order valence-electron chi connectivity index (χ1n) is 8.47. The Morgan fingerprint density at radius 2 is 1.93 bits per heavy atom. The Morgan fingerprint density at radius 1 is 1.10 bits per heavy atom. The van der Waals surface area contributed by atoms with Gasteiger partial charge in [0.2, 0.25) is 0 Å². The summed E-state index contributed by atoms with van der Waals surface area (Å²) in [6.45, 7) is 0. The van der Waals surface area contributed by atoms with Gasteiger partial charge in [-0.2, -0.15) is 5.10 Å². The van der Waals surface area contributed by atoms with Crippen LogP contribution < -0.4 is 10.6 Å². The molecule has 3 N–H and O–H groups in total. The van der Waals surface area contributed by atoms with Crippen LogP contribution in [0.2, 0.25) is 4.34 Å². The molecule has 0 aliphatic rings. The van der Waals surface area contributed by atoms with Gasteiger partial charge in [-0.15, -0.1) is 22.7 Å². The van der Waals surface area contributed by atoms with Crippen molar-refractivity contribution in [3.63, 3.8) is 0 Å². The second kappa shape index (κ2) is 8.56. The predicted octanol–water partition coefficient (Wildman–Crippen LogP) is 4.36. The van der Waals surface area contributed by atoms with Gasteiger partial charge in [-0.3, -0.25) is 14.7 Å². The summed E-state index contributed by atoms with van der Waals surface area (Å²) in [7, 11) is 0. The molecule has 0 spiro atoms. The van der Waals surface area contributed by atoms with E-state index in [2.05, 4.69) is 25.8 Å². The molecule has 10 heteroatoms. The summed E-state index contributed by atoms with van der Waals surface area (Å²) in [5, 5.41) is 14.3. The fourth-order valence-corrected chi connectivity index (χ4v) is 4.52. The van der Waals surface area contributed by atoms with E-state index in [4.69, 9.17) is 11.6 Å². The fourth-order valence-electron chi connectivity index (χ4n) is 2.60. The Hall–Kier alpha value is -3.01. The van der Waals surface area contributed by atoms with E-state index in [9.17, 15) is 9.59 Å². The standard InChI is InChI=1S/C19H14ClN5O2S2/c20-14-7-6-13(29-14)19-22-12(10-28-19)17(26)24-16(11-4-2-1-3-5-11)18(27)23-15-8-9-21-25-15/h1-10,16H,(H,24,26)(H2,21,23,25,27). The molecule has 0 saturated carbocycles. The molecule has 29 heavy (non-hydrogen) atoms. The van der Waals surface area contributed by atoms with E-state index in [0.717, 1.165) is 4.88 Å². The van der Waals surface area contributed by atoms with E-state index in [0.29, 0.717) is 20.7 Å². The number of nitrogens with zero attached hydrogens (tertiary/aromatic N) is 2. The zero-order valence-electron chi connectivity index (χ0n) is 14.8. The summed E-state index contributed by atoms with van der Waals surface area (Å²) in [6, 6.07) is 13.4. The molecule has 0 saturated heterocycles. The highest BCUT2D eigenvalue weighted by atomic mass is 35.5. The van der Waals surface area contributed by atoms with Crippen LogP contribution >= 0.6 is 34.3 Å². The fraction of sp³-hybridized carbons (Fsp3) is 0.0526. The molecule has 0 bridgehead atoms. The number of benzene rings is 1. The highest BCUT2D eigenvalue weighted by molar-refractivity contribution is 7.23. The van der Waals surface area contributed by atoms with Crippen LogP contribution in [-0.4, -0.2) is 27.0 Å². The van der Waals surface area contributed by atoms with Gasteiger partial charge in [-0.05, 0) is 17.7 Å². The number of carbonyl (C=O) groups is 2. The van der Waals surface area contributed by atoms with E-state index in [1.807, 2.05) is 12.1 Å².